The number of benzene rings is 2. The van der Waals surface area contributed by atoms with Crippen LogP contribution in [0.3, 0.4) is 0 Å². The third kappa shape index (κ3) is 2.55. The maximum absolute atomic E-state index is 6.07. The molecule has 0 amide bonds. The van der Waals surface area contributed by atoms with Gasteiger partial charge in [-0.3, -0.25) is 0 Å². The molecular weight excluding hydrogens is 317 g/mol. The van der Waals surface area contributed by atoms with Crippen molar-refractivity contribution in [1.82, 2.24) is 4.98 Å². The third-order valence-electron chi connectivity index (χ3n) is 2.81. The standard InChI is InChI=1S/C15H8Cl3NO/c16-11-8-12(17)15(19-14(11)18)20-13-7-3-5-9-4-1-2-6-10(9)13/h1-8H. The van der Waals surface area contributed by atoms with Crippen LogP contribution in [0.4, 0.5) is 0 Å². The summed E-state index contributed by atoms with van der Waals surface area (Å²) >= 11 is 17.8. The van der Waals surface area contributed by atoms with Crippen LogP contribution >= 0.6 is 34.8 Å². The topological polar surface area (TPSA) is 22.1 Å². The average Bonchev–Trinajstić information content (AvgIpc) is 2.45. The van der Waals surface area contributed by atoms with Crippen molar-refractivity contribution < 1.29 is 4.74 Å². The van der Waals surface area contributed by atoms with Crippen LogP contribution in [0.1, 0.15) is 0 Å². The molecular formula is C15H8Cl3NO. The van der Waals surface area contributed by atoms with E-state index in [0.717, 1.165) is 10.8 Å². The molecule has 0 saturated heterocycles. The van der Waals surface area contributed by atoms with Crippen LogP contribution in [-0.4, -0.2) is 4.98 Å². The Bertz CT molecular complexity index is 784. The first kappa shape index (κ1) is 13.5. The van der Waals surface area contributed by atoms with E-state index in [-0.39, 0.29) is 11.0 Å². The van der Waals surface area contributed by atoms with Crippen molar-refractivity contribution in [3.63, 3.8) is 0 Å². The molecule has 3 aromatic rings. The summed E-state index contributed by atoms with van der Waals surface area (Å²) in [6.45, 7) is 0. The molecule has 2 aromatic carbocycles. The minimum absolute atomic E-state index is 0.159. The van der Waals surface area contributed by atoms with E-state index in [1.54, 1.807) is 0 Å². The number of aromatic nitrogens is 1. The average molecular weight is 325 g/mol. The van der Waals surface area contributed by atoms with Gasteiger partial charge in [-0.15, -0.1) is 0 Å². The van der Waals surface area contributed by atoms with Crippen molar-refractivity contribution >= 4 is 45.6 Å². The molecule has 3 rings (SSSR count). The molecule has 2 nitrogen and oxygen atoms in total. The lowest BCUT2D eigenvalue weighted by Gasteiger charge is -2.10. The minimum Gasteiger partial charge on any atom is -0.437 e. The molecule has 1 heterocycles. The largest absolute Gasteiger partial charge is 0.437 e. The molecule has 1 aromatic heterocycles. The van der Waals surface area contributed by atoms with Crippen molar-refractivity contribution in [2.45, 2.75) is 0 Å². The normalized spacial score (nSPS) is 10.8. The summed E-state index contributed by atoms with van der Waals surface area (Å²) in [6, 6.07) is 15.2. The zero-order valence-electron chi connectivity index (χ0n) is 10.1. The highest BCUT2D eigenvalue weighted by Crippen LogP contribution is 2.35. The summed E-state index contributed by atoms with van der Waals surface area (Å²) in [5.41, 5.74) is 0. The molecule has 0 atom stereocenters. The van der Waals surface area contributed by atoms with Crippen molar-refractivity contribution in [2.24, 2.45) is 0 Å². The Labute approximate surface area is 130 Å². The molecule has 0 aliphatic carbocycles. The number of nitrogens with zero attached hydrogens (tertiary/aromatic N) is 1. The number of halogens is 3. The maximum atomic E-state index is 6.07. The number of rotatable bonds is 2. The summed E-state index contributed by atoms with van der Waals surface area (Å²) in [7, 11) is 0. The first-order valence-corrected chi connectivity index (χ1v) is 6.96. The highest BCUT2D eigenvalue weighted by molar-refractivity contribution is 6.42. The molecule has 0 bridgehead atoms. The van der Waals surface area contributed by atoms with Crippen molar-refractivity contribution in [3.8, 4) is 11.6 Å². The van der Waals surface area contributed by atoms with Gasteiger partial charge in [-0.05, 0) is 17.5 Å². The fourth-order valence-corrected chi connectivity index (χ4v) is 2.42. The predicted octanol–water partition coefficient (Wildman–Crippen LogP) is 5.99. The Morgan fingerprint density at radius 1 is 0.850 bits per heavy atom. The molecule has 0 unspecified atom stereocenters. The summed E-state index contributed by atoms with van der Waals surface area (Å²) < 4.78 is 5.77. The summed E-state index contributed by atoms with van der Waals surface area (Å²) in [5, 5.41) is 2.81. The predicted molar refractivity (Wildman–Crippen MR) is 83.3 cm³/mol. The number of fused-ring (bicyclic) bond motifs is 1. The highest BCUT2D eigenvalue weighted by atomic mass is 35.5. The van der Waals surface area contributed by atoms with Gasteiger partial charge in [0.2, 0.25) is 5.88 Å². The molecule has 100 valence electrons. The summed E-state index contributed by atoms with van der Waals surface area (Å²) in [4.78, 5) is 4.05. The van der Waals surface area contributed by atoms with Crippen LogP contribution in [0.2, 0.25) is 15.2 Å². The SMILES string of the molecule is Clc1cc(Cl)c(Oc2cccc3ccccc23)nc1Cl. The zero-order chi connectivity index (χ0) is 14.1. The van der Waals surface area contributed by atoms with Gasteiger partial charge >= 0.3 is 0 Å². The van der Waals surface area contributed by atoms with Gasteiger partial charge in [-0.1, -0.05) is 71.2 Å². The Hall–Kier alpha value is -1.48. The quantitative estimate of drug-likeness (QED) is 0.540. The first-order valence-electron chi connectivity index (χ1n) is 5.82. The fourth-order valence-electron chi connectivity index (χ4n) is 1.89. The van der Waals surface area contributed by atoms with E-state index < -0.39 is 0 Å². The second-order valence-corrected chi connectivity index (χ2v) is 5.30. The van der Waals surface area contributed by atoms with Crippen LogP contribution in [0.5, 0.6) is 11.6 Å². The van der Waals surface area contributed by atoms with Gasteiger partial charge in [0, 0.05) is 5.39 Å². The number of ether oxygens (including phenoxy) is 1. The Kier molecular flexibility index (Phi) is 3.70. The van der Waals surface area contributed by atoms with Crippen molar-refractivity contribution in [3.05, 3.63) is 63.7 Å². The van der Waals surface area contributed by atoms with E-state index in [2.05, 4.69) is 4.98 Å². The monoisotopic (exact) mass is 323 g/mol. The van der Waals surface area contributed by atoms with Gasteiger partial charge in [-0.2, -0.15) is 4.98 Å². The lowest BCUT2D eigenvalue weighted by molar-refractivity contribution is 0.468. The van der Waals surface area contributed by atoms with E-state index >= 15 is 0 Å². The van der Waals surface area contributed by atoms with E-state index in [4.69, 9.17) is 39.5 Å². The number of pyridine rings is 1. The van der Waals surface area contributed by atoms with Gasteiger partial charge in [0.25, 0.3) is 0 Å². The molecule has 0 fully saturated rings. The van der Waals surface area contributed by atoms with Gasteiger partial charge in [-0.25, -0.2) is 0 Å². The third-order valence-corrected chi connectivity index (χ3v) is 3.75. The Balaban J connectivity index is 2.08. The van der Waals surface area contributed by atoms with Gasteiger partial charge in [0.05, 0.1) is 5.02 Å². The summed E-state index contributed by atoms with van der Waals surface area (Å²) in [6.07, 6.45) is 0. The van der Waals surface area contributed by atoms with E-state index in [1.165, 1.54) is 6.07 Å². The van der Waals surface area contributed by atoms with E-state index in [0.29, 0.717) is 15.8 Å². The second-order valence-electron chi connectivity index (χ2n) is 4.13. The number of hydrogen-bond acceptors (Lipinski definition) is 2. The maximum Gasteiger partial charge on any atom is 0.239 e. The van der Waals surface area contributed by atoms with Crippen LogP contribution < -0.4 is 4.74 Å². The van der Waals surface area contributed by atoms with Gasteiger partial charge in [0.15, 0.2) is 5.15 Å². The highest BCUT2D eigenvalue weighted by Gasteiger charge is 2.11. The lowest BCUT2D eigenvalue weighted by Crippen LogP contribution is -1.91. The molecule has 0 N–H and O–H groups in total. The fraction of sp³-hybridized carbons (Fsp3) is 0. The van der Waals surface area contributed by atoms with Crippen LogP contribution in [0.15, 0.2) is 48.5 Å². The first-order chi connectivity index (χ1) is 9.65. The van der Waals surface area contributed by atoms with Crippen molar-refractivity contribution in [1.29, 1.82) is 0 Å². The van der Waals surface area contributed by atoms with Crippen LogP contribution in [0, 0.1) is 0 Å². The molecule has 0 spiro atoms. The smallest absolute Gasteiger partial charge is 0.239 e. The molecule has 5 heteroatoms. The molecule has 20 heavy (non-hydrogen) atoms. The summed E-state index contributed by atoms with van der Waals surface area (Å²) in [5.74, 6) is 0.897. The minimum atomic E-state index is 0.159. The van der Waals surface area contributed by atoms with E-state index in [1.807, 2.05) is 42.5 Å². The molecule has 0 saturated carbocycles. The zero-order valence-corrected chi connectivity index (χ0v) is 12.4. The van der Waals surface area contributed by atoms with Gasteiger partial charge in [0.1, 0.15) is 10.8 Å². The van der Waals surface area contributed by atoms with Gasteiger partial charge < -0.3 is 4.74 Å². The van der Waals surface area contributed by atoms with Crippen molar-refractivity contribution in [2.75, 3.05) is 0 Å². The van der Waals surface area contributed by atoms with E-state index in [9.17, 15) is 0 Å². The molecule has 0 aliphatic rings. The Morgan fingerprint density at radius 3 is 2.45 bits per heavy atom. The van der Waals surface area contributed by atoms with Crippen LogP contribution in [0.25, 0.3) is 10.8 Å². The molecule has 0 radical (unpaired) electrons. The van der Waals surface area contributed by atoms with Crippen LogP contribution in [-0.2, 0) is 0 Å². The Morgan fingerprint density at radius 2 is 1.60 bits per heavy atom. The lowest BCUT2D eigenvalue weighted by atomic mass is 10.1. The second kappa shape index (κ2) is 5.49. The number of hydrogen-bond donors (Lipinski definition) is 0. The molecule has 0 aliphatic heterocycles.